The predicted molar refractivity (Wildman–Crippen MR) is 64.7 cm³/mol. The first-order chi connectivity index (χ1) is 9.02. The first-order valence-corrected chi connectivity index (χ1v) is 5.29. The molecule has 0 saturated carbocycles. The summed E-state index contributed by atoms with van der Waals surface area (Å²) in [6.45, 7) is -0.553. The Hall–Kier alpha value is -2.64. The van der Waals surface area contributed by atoms with Gasteiger partial charge in [-0.25, -0.2) is 9.78 Å². The number of carboxylic acids is 1. The number of aliphatic carboxylic acids is 1. The van der Waals surface area contributed by atoms with E-state index >= 15 is 0 Å². The summed E-state index contributed by atoms with van der Waals surface area (Å²) in [6.07, 6.45) is 1.39. The Morgan fingerprint density at radius 2 is 2.11 bits per heavy atom. The fourth-order valence-electron chi connectivity index (χ4n) is 1.18. The Morgan fingerprint density at radius 3 is 2.74 bits per heavy atom. The van der Waals surface area contributed by atoms with Gasteiger partial charge >= 0.3 is 11.9 Å². The van der Waals surface area contributed by atoms with E-state index in [1.165, 1.54) is 19.4 Å². The van der Waals surface area contributed by atoms with Crippen LogP contribution in [-0.2, 0) is 14.3 Å². The van der Waals surface area contributed by atoms with Crippen molar-refractivity contribution in [3.05, 3.63) is 24.0 Å². The van der Waals surface area contributed by atoms with E-state index in [-0.39, 0.29) is 12.2 Å². The van der Waals surface area contributed by atoms with Gasteiger partial charge in [0.05, 0.1) is 13.7 Å². The van der Waals surface area contributed by atoms with Crippen molar-refractivity contribution in [2.24, 2.45) is 0 Å². The molecule has 0 saturated heterocycles. The van der Waals surface area contributed by atoms with Gasteiger partial charge in [-0.15, -0.1) is 0 Å². The molecule has 0 bridgehead atoms. The van der Waals surface area contributed by atoms with E-state index in [1.54, 1.807) is 6.07 Å². The highest BCUT2D eigenvalue weighted by Gasteiger charge is 2.08. The Labute approximate surface area is 108 Å². The lowest BCUT2D eigenvalue weighted by Gasteiger charge is -2.07. The molecule has 0 atom stereocenters. The van der Waals surface area contributed by atoms with E-state index in [9.17, 15) is 14.4 Å². The molecule has 0 aliphatic rings. The summed E-state index contributed by atoms with van der Waals surface area (Å²) in [6, 6.07) is 2.99. The molecular formula is C11H13N3O5. The molecular weight excluding hydrogens is 254 g/mol. The second-order valence-corrected chi connectivity index (χ2v) is 3.45. The first-order valence-electron chi connectivity index (χ1n) is 5.29. The van der Waals surface area contributed by atoms with Gasteiger partial charge < -0.3 is 20.5 Å². The number of rotatable bonds is 6. The Kier molecular flexibility index (Phi) is 5.27. The van der Waals surface area contributed by atoms with Crippen molar-refractivity contribution in [1.82, 2.24) is 10.3 Å². The third-order valence-corrected chi connectivity index (χ3v) is 2.04. The summed E-state index contributed by atoms with van der Waals surface area (Å²) in [4.78, 5) is 36.5. The Balaban J connectivity index is 2.51. The second-order valence-electron chi connectivity index (χ2n) is 3.45. The number of esters is 1. The average molecular weight is 267 g/mol. The van der Waals surface area contributed by atoms with Gasteiger partial charge in [0.2, 0.25) is 5.91 Å². The maximum atomic E-state index is 11.3. The van der Waals surface area contributed by atoms with Crippen LogP contribution in [0.1, 0.15) is 10.5 Å². The topological polar surface area (TPSA) is 118 Å². The maximum Gasteiger partial charge on any atom is 0.356 e. The lowest BCUT2D eigenvalue weighted by atomic mass is 10.3. The molecule has 0 aliphatic heterocycles. The summed E-state index contributed by atoms with van der Waals surface area (Å²) in [7, 11) is 1.24. The molecule has 1 aromatic rings. The van der Waals surface area contributed by atoms with Crippen LogP contribution in [0.3, 0.4) is 0 Å². The van der Waals surface area contributed by atoms with E-state index in [0.29, 0.717) is 5.69 Å². The zero-order valence-electron chi connectivity index (χ0n) is 10.2. The minimum absolute atomic E-state index is 0.110. The van der Waals surface area contributed by atoms with E-state index in [0.717, 1.165) is 0 Å². The number of carboxylic acid groups (broad SMARTS) is 1. The van der Waals surface area contributed by atoms with Crippen LogP contribution in [0.2, 0.25) is 0 Å². The highest BCUT2D eigenvalue weighted by Crippen LogP contribution is 2.08. The summed E-state index contributed by atoms with van der Waals surface area (Å²) in [5, 5.41) is 13.3. The number of ether oxygens (including phenoxy) is 1. The van der Waals surface area contributed by atoms with Gasteiger partial charge in [-0.3, -0.25) is 9.59 Å². The van der Waals surface area contributed by atoms with Crippen LogP contribution in [-0.4, -0.2) is 48.1 Å². The van der Waals surface area contributed by atoms with E-state index < -0.39 is 24.4 Å². The smallest absolute Gasteiger partial charge is 0.356 e. The zero-order chi connectivity index (χ0) is 14.3. The third-order valence-electron chi connectivity index (χ3n) is 2.04. The lowest BCUT2D eigenvalue weighted by molar-refractivity contribution is -0.137. The number of aromatic nitrogens is 1. The van der Waals surface area contributed by atoms with Gasteiger partial charge in [0.1, 0.15) is 12.2 Å². The van der Waals surface area contributed by atoms with E-state index in [2.05, 4.69) is 20.4 Å². The van der Waals surface area contributed by atoms with Crippen molar-refractivity contribution >= 4 is 23.5 Å². The van der Waals surface area contributed by atoms with Crippen molar-refractivity contribution < 1.29 is 24.2 Å². The largest absolute Gasteiger partial charge is 0.480 e. The molecule has 1 aromatic heterocycles. The number of hydrogen-bond acceptors (Lipinski definition) is 6. The quantitative estimate of drug-likeness (QED) is 0.593. The number of carbonyl (C=O) groups is 3. The molecule has 8 nitrogen and oxygen atoms in total. The number of methoxy groups -OCH3 is 1. The highest BCUT2D eigenvalue weighted by atomic mass is 16.5. The monoisotopic (exact) mass is 267 g/mol. The van der Waals surface area contributed by atoms with E-state index in [1.807, 2.05) is 0 Å². The van der Waals surface area contributed by atoms with Crippen molar-refractivity contribution in [2.75, 3.05) is 25.5 Å². The maximum absolute atomic E-state index is 11.3. The van der Waals surface area contributed by atoms with Crippen LogP contribution >= 0.6 is 0 Å². The van der Waals surface area contributed by atoms with Crippen molar-refractivity contribution in [3.8, 4) is 0 Å². The third kappa shape index (κ3) is 5.02. The number of pyridine rings is 1. The number of nitrogens with one attached hydrogen (secondary N) is 2. The number of nitrogens with zero attached hydrogens (tertiary/aromatic N) is 1. The van der Waals surface area contributed by atoms with Crippen LogP contribution in [0, 0.1) is 0 Å². The van der Waals surface area contributed by atoms with Crippen LogP contribution in [0.15, 0.2) is 18.3 Å². The fraction of sp³-hybridized carbons (Fsp3) is 0.273. The molecule has 1 heterocycles. The average Bonchev–Trinajstić information content (AvgIpc) is 2.42. The van der Waals surface area contributed by atoms with Gasteiger partial charge in [-0.1, -0.05) is 0 Å². The summed E-state index contributed by atoms with van der Waals surface area (Å²) in [5.41, 5.74) is 0.610. The SMILES string of the molecule is COC(=O)c1cc(NCC(=O)NCC(=O)O)ccn1. The molecule has 3 N–H and O–H groups in total. The predicted octanol–water partition coefficient (Wildman–Crippen LogP) is -0.519. The van der Waals surface area contributed by atoms with E-state index in [4.69, 9.17) is 5.11 Å². The Bertz CT molecular complexity index is 489. The summed E-state index contributed by atoms with van der Waals surface area (Å²) < 4.78 is 4.51. The number of hydrogen-bond donors (Lipinski definition) is 3. The van der Waals surface area contributed by atoms with Gasteiger partial charge in [0, 0.05) is 11.9 Å². The number of amides is 1. The van der Waals surface area contributed by atoms with Crippen molar-refractivity contribution in [3.63, 3.8) is 0 Å². The minimum Gasteiger partial charge on any atom is -0.480 e. The second kappa shape index (κ2) is 6.94. The minimum atomic E-state index is -1.12. The van der Waals surface area contributed by atoms with Gasteiger partial charge in [0.15, 0.2) is 0 Å². The van der Waals surface area contributed by atoms with Crippen LogP contribution in [0.25, 0.3) is 0 Å². The molecule has 1 rings (SSSR count). The molecule has 0 unspecified atom stereocenters. The van der Waals surface area contributed by atoms with Gasteiger partial charge in [0.25, 0.3) is 0 Å². The molecule has 102 valence electrons. The van der Waals surface area contributed by atoms with Crippen LogP contribution in [0.4, 0.5) is 5.69 Å². The standard InChI is InChI=1S/C11H13N3O5/c1-19-11(18)8-4-7(2-3-12-8)13-5-9(15)14-6-10(16)17/h2-4H,5-6H2,1H3,(H,12,13)(H,14,15)(H,16,17). The molecule has 0 aliphatic carbocycles. The summed E-state index contributed by atoms with van der Waals surface area (Å²) >= 11 is 0. The molecule has 8 heteroatoms. The molecule has 0 aromatic carbocycles. The van der Waals surface area contributed by atoms with Crippen LogP contribution < -0.4 is 10.6 Å². The fourth-order valence-corrected chi connectivity index (χ4v) is 1.18. The molecule has 1 amide bonds. The lowest BCUT2D eigenvalue weighted by Crippen LogP contribution is -2.33. The number of carbonyl (C=O) groups excluding carboxylic acids is 2. The summed E-state index contributed by atoms with van der Waals surface area (Å²) in [5.74, 6) is -2.18. The highest BCUT2D eigenvalue weighted by molar-refractivity contribution is 5.88. The number of anilines is 1. The van der Waals surface area contributed by atoms with Gasteiger partial charge in [-0.05, 0) is 12.1 Å². The molecule has 0 fully saturated rings. The Morgan fingerprint density at radius 1 is 1.37 bits per heavy atom. The first kappa shape index (κ1) is 14.4. The normalized spacial score (nSPS) is 9.53. The van der Waals surface area contributed by atoms with Crippen molar-refractivity contribution in [2.45, 2.75) is 0 Å². The van der Waals surface area contributed by atoms with Gasteiger partial charge in [-0.2, -0.15) is 0 Å². The molecule has 0 spiro atoms. The zero-order valence-corrected chi connectivity index (χ0v) is 10.2. The van der Waals surface area contributed by atoms with Crippen molar-refractivity contribution in [1.29, 1.82) is 0 Å². The molecule has 0 radical (unpaired) electrons. The van der Waals surface area contributed by atoms with Crippen LogP contribution in [0.5, 0.6) is 0 Å². The molecule has 19 heavy (non-hydrogen) atoms.